The van der Waals surface area contributed by atoms with Gasteiger partial charge in [-0.15, -0.1) is 0 Å². The van der Waals surface area contributed by atoms with Crippen LogP contribution in [0.15, 0.2) is 23.1 Å². The van der Waals surface area contributed by atoms with Gasteiger partial charge in [0.25, 0.3) is 0 Å². The molecule has 1 fully saturated rings. The second kappa shape index (κ2) is 4.54. The van der Waals surface area contributed by atoms with Gasteiger partial charge in [0.15, 0.2) is 0 Å². The zero-order valence-corrected chi connectivity index (χ0v) is 12.0. The van der Waals surface area contributed by atoms with Crippen molar-refractivity contribution in [1.82, 2.24) is 4.72 Å². The number of nitrogens with one attached hydrogen (secondary N) is 1. The molecule has 2 atom stereocenters. The normalized spacial score (nSPS) is 25.9. The number of hydrogen-bond acceptors (Lipinski definition) is 3. The van der Waals surface area contributed by atoms with Crippen LogP contribution in [0, 0.1) is 18.2 Å². The fourth-order valence-electron chi connectivity index (χ4n) is 2.27. The lowest BCUT2D eigenvalue weighted by molar-refractivity contribution is -0.0645. The number of hydrogen-bond donors (Lipinski definition) is 2. The van der Waals surface area contributed by atoms with Gasteiger partial charge in [0.1, 0.15) is 5.82 Å². The first kappa shape index (κ1) is 14.4. The lowest BCUT2D eigenvalue weighted by atomic mass is 9.65. The number of aliphatic hydroxyl groups is 1. The topological polar surface area (TPSA) is 66.4 Å². The Morgan fingerprint density at radius 3 is 2.53 bits per heavy atom. The zero-order chi connectivity index (χ0) is 14.4. The van der Waals surface area contributed by atoms with E-state index in [0.29, 0.717) is 12.0 Å². The number of rotatable bonds is 3. The number of aliphatic hydroxyl groups excluding tert-OH is 1. The van der Waals surface area contributed by atoms with Crippen molar-refractivity contribution in [2.75, 3.05) is 0 Å². The van der Waals surface area contributed by atoms with Gasteiger partial charge in [-0.05, 0) is 37.1 Å². The van der Waals surface area contributed by atoms with E-state index in [-0.39, 0.29) is 10.9 Å². The van der Waals surface area contributed by atoms with E-state index in [1.54, 1.807) is 6.92 Å². The molecular formula is C13H18FNO3S. The van der Waals surface area contributed by atoms with Crippen molar-refractivity contribution in [2.45, 2.75) is 44.2 Å². The van der Waals surface area contributed by atoms with Crippen LogP contribution >= 0.6 is 0 Å². The van der Waals surface area contributed by atoms with Crippen LogP contribution in [0.3, 0.4) is 0 Å². The first-order chi connectivity index (χ1) is 8.64. The molecule has 0 spiro atoms. The minimum Gasteiger partial charge on any atom is -0.392 e. The Kier molecular flexibility index (Phi) is 3.45. The third-order valence-electron chi connectivity index (χ3n) is 3.94. The predicted molar refractivity (Wildman–Crippen MR) is 69.7 cm³/mol. The first-order valence-corrected chi connectivity index (χ1v) is 7.59. The first-order valence-electron chi connectivity index (χ1n) is 6.11. The summed E-state index contributed by atoms with van der Waals surface area (Å²) in [6.07, 6.45) is -0.110. The van der Waals surface area contributed by atoms with Gasteiger partial charge >= 0.3 is 0 Å². The Balaban J connectivity index is 2.25. The second-order valence-corrected chi connectivity index (χ2v) is 7.34. The van der Waals surface area contributed by atoms with Crippen LogP contribution < -0.4 is 4.72 Å². The van der Waals surface area contributed by atoms with Gasteiger partial charge in [0.05, 0.1) is 11.0 Å². The molecule has 6 heteroatoms. The molecule has 1 aromatic rings. The molecule has 0 radical (unpaired) electrons. The average molecular weight is 287 g/mol. The van der Waals surface area contributed by atoms with E-state index in [9.17, 15) is 17.9 Å². The van der Waals surface area contributed by atoms with E-state index in [2.05, 4.69) is 4.72 Å². The van der Waals surface area contributed by atoms with Crippen LogP contribution in [0.25, 0.3) is 0 Å². The van der Waals surface area contributed by atoms with Gasteiger partial charge in [-0.2, -0.15) is 0 Å². The van der Waals surface area contributed by atoms with E-state index >= 15 is 0 Å². The maximum atomic E-state index is 13.0. The third kappa shape index (κ3) is 2.52. The van der Waals surface area contributed by atoms with Crippen molar-refractivity contribution in [1.29, 1.82) is 0 Å². The van der Waals surface area contributed by atoms with E-state index in [1.165, 1.54) is 12.1 Å². The summed E-state index contributed by atoms with van der Waals surface area (Å²) in [5, 5.41) is 9.62. The molecule has 1 aliphatic rings. The van der Waals surface area contributed by atoms with Gasteiger partial charge in [-0.3, -0.25) is 0 Å². The molecule has 4 nitrogen and oxygen atoms in total. The summed E-state index contributed by atoms with van der Waals surface area (Å²) in [7, 11) is -3.69. The molecule has 19 heavy (non-hydrogen) atoms. The van der Waals surface area contributed by atoms with E-state index < -0.39 is 27.4 Å². The van der Waals surface area contributed by atoms with Crippen molar-refractivity contribution < 1.29 is 17.9 Å². The molecule has 2 N–H and O–H groups in total. The van der Waals surface area contributed by atoms with E-state index in [4.69, 9.17) is 0 Å². The van der Waals surface area contributed by atoms with Crippen molar-refractivity contribution in [3.8, 4) is 0 Å². The molecule has 0 saturated heterocycles. The highest BCUT2D eigenvalue weighted by molar-refractivity contribution is 7.89. The standard InChI is InChI=1S/C13H18FNO3S/c1-8-6-9(14)4-5-10(8)19(17,18)15-11-7-12(16)13(11,2)3/h4-6,11-12,15-16H,7H2,1-3H3. The van der Waals surface area contributed by atoms with Gasteiger partial charge in [0, 0.05) is 11.5 Å². The molecule has 106 valence electrons. The van der Waals surface area contributed by atoms with Crippen LogP contribution in [-0.2, 0) is 10.0 Å². The number of aryl methyl sites for hydroxylation is 1. The molecule has 0 bridgehead atoms. The maximum Gasteiger partial charge on any atom is 0.241 e. The molecule has 0 amide bonds. The van der Waals surface area contributed by atoms with Crippen molar-refractivity contribution in [3.63, 3.8) is 0 Å². The SMILES string of the molecule is Cc1cc(F)ccc1S(=O)(=O)NC1CC(O)C1(C)C. The third-order valence-corrected chi connectivity index (χ3v) is 5.57. The van der Waals surface area contributed by atoms with Gasteiger partial charge < -0.3 is 5.11 Å². The summed E-state index contributed by atoms with van der Waals surface area (Å²) in [6, 6.07) is 3.27. The Morgan fingerprint density at radius 1 is 1.42 bits per heavy atom. The van der Waals surface area contributed by atoms with Crippen LogP contribution in [0.2, 0.25) is 0 Å². The molecule has 1 aromatic carbocycles. The van der Waals surface area contributed by atoms with Crippen molar-refractivity contribution >= 4 is 10.0 Å². The fourth-order valence-corrected chi connectivity index (χ4v) is 3.90. The summed E-state index contributed by atoms with van der Waals surface area (Å²) in [5.74, 6) is -0.462. The predicted octanol–water partition coefficient (Wildman–Crippen LogP) is 1.57. The van der Waals surface area contributed by atoms with E-state index in [1.807, 2.05) is 13.8 Å². The van der Waals surface area contributed by atoms with Crippen LogP contribution in [0.4, 0.5) is 4.39 Å². The minimum atomic E-state index is -3.69. The van der Waals surface area contributed by atoms with Crippen LogP contribution in [-0.4, -0.2) is 25.7 Å². The van der Waals surface area contributed by atoms with E-state index in [0.717, 1.165) is 6.07 Å². The Hall–Kier alpha value is -0.980. The van der Waals surface area contributed by atoms with Crippen molar-refractivity contribution in [3.05, 3.63) is 29.6 Å². The highest BCUT2D eigenvalue weighted by Crippen LogP contribution is 2.41. The molecule has 1 saturated carbocycles. The van der Waals surface area contributed by atoms with Gasteiger partial charge in [0.2, 0.25) is 10.0 Å². The molecule has 2 rings (SSSR count). The summed E-state index contributed by atoms with van der Waals surface area (Å²) in [5.41, 5.74) is -0.119. The second-order valence-electron chi connectivity index (χ2n) is 5.66. The lowest BCUT2D eigenvalue weighted by Gasteiger charge is -2.49. The van der Waals surface area contributed by atoms with Crippen LogP contribution in [0.1, 0.15) is 25.8 Å². The van der Waals surface area contributed by atoms with Crippen molar-refractivity contribution in [2.24, 2.45) is 5.41 Å². The molecule has 1 aliphatic carbocycles. The maximum absolute atomic E-state index is 13.0. The molecule has 0 aromatic heterocycles. The number of halogens is 1. The molecule has 0 heterocycles. The van der Waals surface area contributed by atoms with Gasteiger partial charge in [-0.1, -0.05) is 13.8 Å². The molecule has 0 aliphatic heterocycles. The lowest BCUT2D eigenvalue weighted by Crippen LogP contribution is -2.61. The summed E-state index contributed by atoms with van der Waals surface area (Å²) >= 11 is 0. The summed E-state index contributed by atoms with van der Waals surface area (Å²) < 4.78 is 40.1. The summed E-state index contributed by atoms with van der Waals surface area (Å²) in [4.78, 5) is 0.0751. The quantitative estimate of drug-likeness (QED) is 0.887. The largest absolute Gasteiger partial charge is 0.392 e. The fraction of sp³-hybridized carbons (Fsp3) is 0.538. The number of benzene rings is 1. The Labute approximate surface area is 112 Å². The minimum absolute atomic E-state index is 0.0751. The Bertz CT molecular complexity index is 598. The highest BCUT2D eigenvalue weighted by atomic mass is 32.2. The van der Waals surface area contributed by atoms with Crippen LogP contribution in [0.5, 0.6) is 0 Å². The van der Waals surface area contributed by atoms with Gasteiger partial charge in [-0.25, -0.2) is 17.5 Å². The smallest absolute Gasteiger partial charge is 0.241 e. The monoisotopic (exact) mass is 287 g/mol. The average Bonchev–Trinajstić information content (AvgIpc) is 2.27. The highest BCUT2D eigenvalue weighted by Gasteiger charge is 2.49. The zero-order valence-electron chi connectivity index (χ0n) is 11.1. The molecule has 2 unspecified atom stereocenters. The summed E-state index contributed by atoms with van der Waals surface area (Å²) in [6.45, 7) is 5.18. The number of sulfonamides is 1. The Morgan fingerprint density at radius 2 is 2.05 bits per heavy atom. The molecular weight excluding hydrogens is 269 g/mol.